The minimum atomic E-state index is -0.184. The van der Waals surface area contributed by atoms with Crippen LogP contribution in [0.1, 0.15) is 49.1 Å². The molecule has 0 radical (unpaired) electrons. The van der Waals surface area contributed by atoms with E-state index in [1.165, 1.54) is 30.4 Å². The maximum Gasteiger partial charge on any atom is 0.0547 e. The Bertz CT molecular complexity index is 362. The number of hydrogen-bond donors (Lipinski definition) is 1. The van der Waals surface area contributed by atoms with Gasteiger partial charge in [-0.25, -0.2) is 0 Å². The number of aliphatic hydroxyl groups excluding tert-OH is 1. The maximum atomic E-state index is 10.1. The molecule has 0 aromatic heterocycles. The van der Waals surface area contributed by atoms with Crippen LogP contribution in [0.2, 0.25) is 0 Å². The zero-order valence-corrected chi connectivity index (χ0v) is 11.3. The molecule has 1 aliphatic carbocycles. The average molecular weight is 248 g/mol. The summed E-state index contributed by atoms with van der Waals surface area (Å²) in [6, 6.07) is 8.71. The fourth-order valence-corrected chi connectivity index (χ4v) is 3.01. The van der Waals surface area contributed by atoms with E-state index in [0.29, 0.717) is 5.92 Å². The van der Waals surface area contributed by atoms with Crippen molar-refractivity contribution >= 4 is 0 Å². The van der Waals surface area contributed by atoms with Crippen LogP contribution in [0, 0.1) is 0 Å². The molecule has 2 unspecified atom stereocenters. The Balaban J connectivity index is 1.90. The van der Waals surface area contributed by atoms with Crippen molar-refractivity contribution in [3.63, 3.8) is 0 Å². The number of aryl methyl sites for hydroxylation is 1. The van der Waals surface area contributed by atoms with Gasteiger partial charge in [0.25, 0.3) is 0 Å². The van der Waals surface area contributed by atoms with Gasteiger partial charge < -0.3 is 9.84 Å². The van der Waals surface area contributed by atoms with Gasteiger partial charge in [-0.3, -0.25) is 0 Å². The molecule has 0 bridgehead atoms. The van der Waals surface area contributed by atoms with Gasteiger partial charge in [-0.05, 0) is 55.6 Å². The Hall–Kier alpha value is -0.860. The predicted octanol–water partition coefficient (Wildman–Crippen LogP) is 3.28. The topological polar surface area (TPSA) is 29.5 Å². The summed E-state index contributed by atoms with van der Waals surface area (Å²) in [7, 11) is 1.71. The Labute approximate surface area is 110 Å². The van der Waals surface area contributed by atoms with Crippen molar-refractivity contribution in [2.24, 2.45) is 0 Å². The minimum absolute atomic E-state index is 0.184. The van der Waals surface area contributed by atoms with E-state index in [0.717, 1.165) is 25.9 Å². The fraction of sp³-hybridized carbons (Fsp3) is 0.625. The number of ether oxygens (including phenoxy) is 1. The number of hydrogen-bond acceptors (Lipinski definition) is 2. The Morgan fingerprint density at radius 2 is 2.22 bits per heavy atom. The summed E-state index contributed by atoms with van der Waals surface area (Å²) < 4.78 is 5.03. The van der Waals surface area contributed by atoms with Gasteiger partial charge in [-0.1, -0.05) is 24.3 Å². The molecule has 2 atom stereocenters. The van der Waals surface area contributed by atoms with Gasteiger partial charge >= 0.3 is 0 Å². The van der Waals surface area contributed by atoms with E-state index in [4.69, 9.17) is 4.74 Å². The zero-order chi connectivity index (χ0) is 12.8. The number of methoxy groups -OCH3 is 1. The molecule has 0 aliphatic heterocycles. The number of fused-ring (bicyclic) bond motifs is 1. The lowest BCUT2D eigenvalue weighted by Crippen LogP contribution is -2.17. The highest BCUT2D eigenvalue weighted by Gasteiger charge is 2.22. The summed E-state index contributed by atoms with van der Waals surface area (Å²) in [5, 5.41) is 10.1. The first-order valence-corrected chi connectivity index (χ1v) is 7.06. The highest BCUT2D eigenvalue weighted by molar-refractivity contribution is 5.32. The normalized spacial score (nSPS) is 20.4. The third-order valence-electron chi connectivity index (χ3n) is 3.94. The first-order chi connectivity index (χ1) is 8.81. The third-order valence-corrected chi connectivity index (χ3v) is 3.94. The van der Waals surface area contributed by atoms with Crippen LogP contribution in [0.4, 0.5) is 0 Å². The van der Waals surface area contributed by atoms with Gasteiger partial charge in [0.1, 0.15) is 0 Å². The molecule has 100 valence electrons. The average Bonchev–Trinajstić information content (AvgIpc) is 2.39. The lowest BCUT2D eigenvalue weighted by atomic mass is 9.79. The molecule has 1 aromatic rings. The molecule has 1 aliphatic rings. The van der Waals surface area contributed by atoms with Crippen LogP contribution in [0.3, 0.4) is 0 Å². The maximum absolute atomic E-state index is 10.1. The second-order valence-electron chi connectivity index (χ2n) is 5.31. The van der Waals surface area contributed by atoms with Crippen molar-refractivity contribution in [3.8, 4) is 0 Å². The molecule has 2 heteroatoms. The van der Waals surface area contributed by atoms with Crippen LogP contribution < -0.4 is 0 Å². The van der Waals surface area contributed by atoms with E-state index < -0.39 is 0 Å². The number of benzene rings is 1. The second kappa shape index (κ2) is 6.91. The lowest BCUT2D eigenvalue weighted by Gasteiger charge is -2.27. The number of aliphatic hydroxyl groups is 1. The predicted molar refractivity (Wildman–Crippen MR) is 73.9 cm³/mol. The van der Waals surface area contributed by atoms with E-state index >= 15 is 0 Å². The van der Waals surface area contributed by atoms with Crippen LogP contribution in [-0.2, 0) is 11.2 Å². The van der Waals surface area contributed by atoms with E-state index in [-0.39, 0.29) is 6.10 Å². The smallest absolute Gasteiger partial charge is 0.0547 e. The standard InChI is InChI=1S/C16H24O2/c1-18-11-5-9-15(17)12-14-8-4-7-13-6-2-3-10-16(13)14/h2-3,6,10,14-15,17H,4-5,7-9,11-12H2,1H3. The van der Waals surface area contributed by atoms with Gasteiger partial charge in [-0.2, -0.15) is 0 Å². The molecular formula is C16H24O2. The van der Waals surface area contributed by atoms with E-state index in [2.05, 4.69) is 24.3 Å². The quantitative estimate of drug-likeness (QED) is 0.783. The molecule has 0 heterocycles. The van der Waals surface area contributed by atoms with Crippen molar-refractivity contribution in [1.82, 2.24) is 0 Å². The highest BCUT2D eigenvalue weighted by atomic mass is 16.5. The minimum Gasteiger partial charge on any atom is -0.393 e. The van der Waals surface area contributed by atoms with Crippen molar-refractivity contribution in [1.29, 1.82) is 0 Å². The summed E-state index contributed by atoms with van der Waals surface area (Å²) >= 11 is 0. The van der Waals surface area contributed by atoms with Crippen LogP contribution in [0.15, 0.2) is 24.3 Å². The monoisotopic (exact) mass is 248 g/mol. The molecule has 0 fully saturated rings. The SMILES string of the molecule is COCCCC(O)CC1CCCc2ccccc21. The van der Waals surface area contributed by atoms with Crippen molar-refractivity contribution in [2.75, 3.05) is 13.7 Å². The van der Waals surface area contributed by atoms with Crippen molar-refractivity contribution in [3.05, 3.63) is 35.4 Å². The third kappa shape index (κ3) is 3.56. The molecule has 18 heavy (non-hydrogen) atoms. The Morgan fingerprint density at radius 1 is 1.39 bits per heavy atom. The van der Waals surface area contributed by atoms with E-state index in [9.17, 15) is 5.11 Å². The van der Waals surface area contributed by atoms with Crippen molar-refractivity contribution < 1.29 is 9.84 Å². The van der Waals surface area contributed by atoms with Crippen LogP contribution >= 0.6 is 0 Å². The molecule has 2 nitrogen and oxygen atoms in total. The highest BCUT2D eigenvalue weighted by Crippen LogP contribution is 2.35. The molecule has 0 saturated heterocycles. The molecule has 2 rings (SSSR count). The summed E-state index contributed by atoms with van der Waals surface area (Å²) in [6.07, 6.45) is 6.20. The van der Waals surface area contributed by atoms with E-state index in [1.54, 1.807) is 7.11 Å². The van der Waals surface area contributed by atoms with Gasteiger partial charge in [0, 0.05) is 13.7 Å². The number of rotatable bonds is 6. The second-order valence-corrected chi connectivity index (χ2v) is 5.31. The van der Waals surface area contributed by atoms with Crippen LogP contribution in [0.25, 0.3) is 0 Å². The van der Waals surface area contributed by atoms with E-state index in [1.807, 2.05) is 0 Å². The van der Waals surface area contributed by atoms with Gasteiger partial charge in [-0.15, -0.1) is 0 Å². The first kappa shape index (κ1) is 13.6. The van der Waals surface area contributed by atoms with Crippen LogP contribution in [-0.4, -0.2) is 24.9 Å². The van der Waals surface area contributed by atoms with Crippen molar-refractivity contribution in [2.45, 2.75) is 50.5 Å². The summed E-state index contributed by atoms with van der Waals surface area (Å²) in [5.74, 6) is 0.549. The van der Waals surface area contributed by atoms with Gasteiger partial charge in [0.15, 0.2) is 0 Å². The largest absolute Gasteiger partial charge is 0.393 e. The Morgan fingerprint density at radius 3 is 3.06 bits per heavy atom. The summed E-state index contributed by atoms with van der Waals surface area (Å²) in [5.41, 5.74) is 2.95. The summed E-state index contributed by atoms with van der Waals surface area (Å²) in [6.45, 7) is 0.748. The zero-order valence-electron chi connectivity index (χ0n) is 11.3. The first-order valence-electron chi connectivity index (χ1n) is 7.06. The van der Waals surface area contributed by atoms with Gasteiger partial charge in [0.2, 0.25) is 0 Å². The molecular weight excluding hydrogens is 224 g/mol. The molecule has 1 N–H and O–H groups in total. The Kier molecular flexibility index (Phi) is 5.21. The molecule has 0 spiro atoms. The van der Waals surface area contributed by atoms with Gasteiger partial charge in [0.05, 0.1) is 6.10 Å². The lowest BCUT2D eigenvalue weighted by molar-refractivity contribution is 0.120. The fourth-order valence-electron chi connectivity index (χ4n) is 3.01. The molecule has 0 saturated carbocycles. The molecule has 0 amide bonds. The summed E-state index contributed by atoms with van der Waals surface area (Å²) in [4.78, 5) is 0. The molecule has 1 aromatic carbocycles. The van der Waals surface area contributed by atoms with Crippen LogP contribution in [0.5, 0.6) is 0 Å².